The molecule has 0 amide bonds. The average Bonchev–Trinajstić information content (AvgIpc) is 3.33. The predicted molar refractivity (Wildman–Crippen MR) is 130 cm³/mol. The van der Waals surface area contributed by atoms with E-state index in [9.17, 15) is 8.42 Å². The number of aromatic amines is 1. The molecule has 166 valence electrons. The number of hydrogen-bond acceptors (Lipinski definition) is 6. The van der Waals surface area contributed by atoms with Gasteiger partial charge in [-0.25, -0.2) is 8.42 Å². The summed E-state index contributed by atoms with van der Waals surface area (Å²) in [5.41, 5.74) is 5.37. The van der Waals surface area contributed by atoms with Gasteiger partial charge < -0.3 is 9.80 Å². The van der Waals surface area contributed by atoms with Crippen LogP contribution in [0.4, 0.5) is 11.4 Å². The second-order valence-corrected chi connectivity index (χ2v) is 9.80. The first-order chi connectivity index (χ1) is 15.0. The van der Waals surface area contributed by atoms with Crippen LogP contribution in [0.25, 0.3) is 22.0 Å². The Morgan fingerprint density at radius 3 is 2.28 bits per heavy atom. The summed E-state index contributed by atoms with van der Waals surface area (Å²) in [5.74, 6) is 0. The Kier molecular flexibility index (Phi) is 5.88. The van der Waals surface area contributed by atoms with Crippen LogP contribution < -0.4 is 9.80 Å². The standard InChI is InChI=1S/C23H23N5O2S.CH4/c1-31(29,30)20-5-3-19(4-6-20)27-10-12-28(13-11-27)23-8-9-24-22-7-2-17(14-21(22)23)18-15-25-26-16-18;/h2-9,14-16H,10-13H2,1H3,(H,25,26);1H4. The van der Waals surface area contributed by atoms with Gasteiger partial charge in [0, 0.05) is 67.2 Å². The van der Waals surface area contributed by atoms with Crippen LogP contribution in [0.1, 0.15) is 7.43 Å². The molecule has 2 aromatic carbocycles. The fourth-order valence-electron chi connectivity index (χ4n) is 4.11. The summed E-state index contributed by atoms with van der Waals surface area (Å²) in [6.45, 7) is 3.48. The number of H-pyrrole nitrogens is 1. The molecule has 3 heterocycles. The van der Waals surface area contributed by atoms with Crippen molar-refractivity contribution in [2.45, 2.75) is 12.3 Å². The molecule has 1 N–H and O–H groups in total. The number of benzene rings is 2. The summed E-state index contributed by atoms with van der Waals surface area (Å²) in [6.07, 6.45) is 6.82. The number of nitrogens with one attached hydrogen (secondary N) is 1. The van der Waals surface area contributed by atoms with E-state index in [2.05, 4.69) is 49.2 Å². The molecule has 1 fully saturated rings. The maximum absolute atomic E-state index is 11.7. The first-order valence-corrected chi connectivity index (χ1v) is 12.1. The van der Waals surface area contributed by atoms with Gasteiger partial charge in [-0.05, 0) is 48.0 Å². The van der Waals surface area contributed by atoms with Crippen LogP contribution in [0.3, 0.4) is 0 Å². The van der Waals surface area contributed by atoms with Crippen LogP contribution in [0.2, 0.25) is 0 Å². The van der Waals surface area contributed by atoms with E-state index in [1.54, 1.807) is 12.1 Å². The molecule has 1 aliphatic rings. The Morgan fingerprint density at radius 1 is 0.906 bits per heavy atom. The number of rotatable bonds is 4. The zero-order valence-corrected chi connectivity index (χ0v) is 18.0. The molecule has 0 atom stereocenters. The minimum Gasteiger partial charge on any atom is -0.368 e. The largest absolute Gasteiger partial charge is 0.368 e. The maximum atomic E-state index is 11.7. The van der Waals surface area contributed by atoms with E-state index in [0.29, 0.717) is 4.90 Å². The van der Waals surface area contributed by atoms with Gasteiger partial charge in [-0.2, -0.15) is 5.10 Å². The van der Waals surface area contributed by atoms with Gasteiger partial charge in [-0.3, -0.25) is 10.1 Å². The molecular weight excluding hydrogens is 422 g/mol. The minimum atomic E-state index is -3.17. The zero-order chi connectivity index (χ0) is 21.4. The van der Waals surface area contributed by atoms with E-state index in [0.717, 1.165) is 53.9 Å². The Bertz CT molecular complexity index is 1310. The second-order valence-electron chi connectivity index (χ2n) is 7.79. The highest BCUT2D eigenvalue weighted by Gasteiger charge is 2.20. The van der Waals surface area contributed by atoms with Crippen LogP contribution in [-0.2, 0) is 9.84 Å². The molecule has 2 aromatic heterocycles. The van der Waals surface area contributed by atoms with Gasteiger partial charge in [0.25, 0.3) is 0 Å². The van der Waals surface area contributed by atoms with Crippen LogP contribution >= 0.6 is 0 Å². The lowest BCUT2D eigenvalue weighted by Gasteiger charge is -2.37. The van der Waals surface area contributed by atoms with Crippen molar-refractivity contribution in [1.29, 1.82) is 0 Å². The molecule has 0 unspecified atom stereocenters. The predicted octanol–water partition coefficient (Wildman–Crippen LogP) is 3.99. The third-order valence-electron chi connectivity index (χ3n) is 5.80. The van der Waals surface area contributed by atoms with Crippen molar-refractivity contribution in [2.24, 2.45) is 0 Å². The second kappa shape index (κ2) is 8.63. The van der Waals surface area contributed by atoms with Crippen molar-refractivity contribution < 1.29 is 8.42 Å². The molecule has 7 nitrogen and oxygen atoms in total. The number of nitrogens with zero attached hydrogens (tertiary/aromatic N) is 4. The summed E-state index contributed by atoms with van der Waals surface area (Å²) < 4.78 is 23.4. The molecular formula is C24H27N5O2S. The molecule has 32 heavy (non-hydrogen) atoms. The van der Waals surface area contributed by atoms with Crippen molar-refractivity contribution in [3.05, 3.63) is 67.1 Å². The van der Waals surface area contributed by atoms with Crippen molar-refractivity contribution in [2.75, 3.05) is 42.2 Å². The molecule has 0 saturated carbocycles. The number of anilines is 2. The lowest BCUT2D eigenvalue weighted by Crippen LogP contribution is -2.46. The highest BCUT2D eigenvalue weighted by atomic mass is 32.2. The van der Waals surface area contributed by atoms with E-state index in [4.69, 9.17) is 0 Å². The fourth-order valence-corrected chi connectivity index (χ4v) is 4.74. The van der Waals surface area contributed by atoms with E-state index >= 15 is 0 Å². The molecule has 4 aromatic rings. The molecule has 0 aliphatic carbocycles. The van der Waals surface area contributed by atoms with Gasteiger partial charge in [-0.15, -0.1) is 0 Å². The molecule has 0 spiro atoms. The molecule has 5 rings (SSSR count). The number of piperazine rings is 1. The van der Waals surface area contributed by atoms with Crippen molar-refractivity contribution >= 4 is 32.1 Å². The van der Waals surface area contributed by atoms with E-state index < -0.39 is 9.84 Å². The Morgan fingerprint density at radius 2 is 1.62 bits per heavy atom. The van der Waals surface area contributed by atoms with Gasteiger partial charge in [0.2, 0.25) is 0 Å². The first-order valence-electron chi connectivity index (χ1n) is 10.2. The zero-order valence-electron chi connectivity index (χ0n) is 17.2. The molecule has 1 aliphatic heterocycles. The van der Waals surface area contributed by atoms with Gasteiger partial charge in [0.1, 0.15) is 0 Å². The van der Waals surface area contributed by atoms with E-state index in [-0.39, 0.29) is 7.43 Å². The van der Waals surface area contributed by atoms with E-state index in [1.807, 2.05) is 30.7 Å². The molecule has 0 radical (unpaired) electrons. The van der Waals surface area contributed by atoms with Crippen molar-refractivity contribution in [1.82, 2.24) is 15.2 Å². The molecule has 8 heteroatoms. The van der Waals surface area contributed by atoms with Gasteiger partial charge >= 0.3 is 0 Å². The average molecular weight is 450 g/mol. The summed E-state index contributed by atoms with van der Waals surface area (Å²) in [4.78, 5) is 9.58. The van der Waals surface area contributed by atoms with Crippen LogP contribution in [-0.4, -0.2) is 56.0 Å². The molecule has 1 saturated heterocycles. The van der Waals surface area contributed by atoms with Gasteiger partial charge in [0.15, 0.2) is 9.84 Å². The minimum absolute atomic E-state index is 0. The van der Waals surface area contributed by atoms with Gasteiger partial charge in [0.05, 0.1) is 16.6 Å². The first kappa shape index (κ1) is 21.8. The smallest absolute Gasteiger partial charge is 0.175 e. The number of sulfone groups is 1. The van der Waals surface area contributed by atoms with Crippen molar-refractivity contribution in [3.8, 4) is 11.1 Å². The molecule has 0 bridgehead atoms. The number of hydrogen-bond donors (Lipinski definition) is 1. The maximum Gasteiger partial charge on any atom is 0.175 e. The van der Waals surface area contributed by atoms with Gasteiger partial charge in [-0.1, -0.05) is 13.5 Å². The summed E-state index contributed by atoms with van der Waals surface area (Å²) >= 11 is 0. The summed E-state index contributed by atoms with van der Waals surface area (Å²) in [5, 5.41) is 8.06. The quantitative estimate of drug-likeness (QED) is 0.507. The van der Waals surface area contributed by atoms with Crippen LogP contribution in [0.15, 0.2) is 72.0 Å². The van der Waals surface area contributed by atoms with Crippen LogP contribution in [0, 0.1) is 0 Å². The third kappa shape index (κ3) is 4.18. The SMILES string of the molecule is C.CS(=O)(=O)c1ccc(N2CCN(c3ccnc4ccc(-c5cn[nH]c5)cc34)CC2)cc1. The van der Waals surface area contributed by atoms with Crippen molar-refractivity contribution in [3.63, 3.8) is 0 Å². The summed E-state index contributed by atoms with van der Waals surface area (Å²) in [6, 6.07) is 15.5. The number of fused-ring (bicyclic) bond motifs is 1. The third-order valence-corrected chi connectivity index (χ3v) is 6.93. The monoisotopic (exact) mass is 449 g/mol. The van der Waals surface area contributed by atoms with Crippen LogP contribution in [0.5, 0.6) is 0 Å². The fraction of sp³-hybridized carbons (Fsp3) is 0.250. The Balaban J connectivity index is 0.00000245. The summed E-state index contributed by atoms with van der Waals surface area (Å²) in [7, 11) is -3.17. The Hall–Kier alpha value is -3.39. The lowest BCUT2D eigenvalue weighted by molar-refractivity contribution is 0.602. The number of pyridine rings is 1. The highest BCUT2D eigenvalue weighted by Crippen LogP contribution is 2.31. The van der Waals surface area contributed by atoms with E-state index in [1.165, 1.54) is 11.9 Å². The Labute approximate surface area is 188 Å². The normalized spacial score (nSPS) is 14.4. The highest BCUT2D eigenvalue weighted by molar-refractivity contribution is 7.90. The number of aromatic nitrogens is 3. The lowest BCUT2D eigenvalue weighted by atomic mass is 10.0. The topological polar surface area (TPSA) is 82.2 Å².